The largest absolute Gasteiger partial charge is 0.305 e. The van der Waals surface area contributed by atoms with Crippen LogP contribution in [0.4, 0.5) is 4.39 Å². The molecule has 0 aliphatic carbocycles. The van der Waals surface area contributed by atoms with Crippen LogP contribution in [0.3, 0.4) is 0 Å². The second-order valence-electron chi connectivity index (χ2n) is 5.48. The fraction of sp³-hybridized carbons (Fsp3) is 0.562. The Bertz CT molecular complexity index is 419. The maximum atomic E-state index is 13.6. The summed E-state index contributed by atoms with van der Waals surface area (Å²) in [5.41, 5.74) is 0.201. The highest BCUT2D eigenvalue weighted by atomic mass is 19.1. The molecule has 1 aromatic rings. The standard InChI is InChI=1S/C16H24FNO/c1-5-12(2)10-18(4)11-13(3)16(19)14-8-6-7-9-15(14)17/h6-9,12-13H,5,10-11H2,1-4H3. The van der Waals surface area contributed by atoms with E-state index in [0.29, 0.717) is 12.5 Å². The lowest BCUT2D eigenvalue weighted by Crippen LogP contribution is -2.32. The van der Waals surface area contributed by atoms with Gasteiger partial charge in [-0.15, -0.1) is 0 Å². The first-order valence-corrected chi connectivity index (χ1v) is 6.93. The number of Topliss-reactive ketones (excluding diaryl/α,β-unsaturated/α-hetero) is 1. The maximum Gasteiger partial charge on any atom is 0.169 e. The predicted molar refractivity (Wildman–Crippen MR) is 76.8 cm³/mol. The molecule has 3 heteroatoms. The molecule has 0 bridgehead atoms. The van der Waals surface area contributed by atoms with E-state index in [1.165, 1.54) is 6.07 Å². The smallest absolute Gasteiger partial charge is 0.169 e. The molecular weight excluding hydrogens is 241 g/mol. The number of halogens is 1. The number of hydrogen-bond donors (Lipinski definition) is 0. The zero-order chi connectivity index (χ0) is 14.4. The molecule has 0 spiro atoms. The van der Waals surface area contributed by atoms with Gasteiger partial charge in [-0.2, -0.15) is 0 Å². The van der Waals surface area contributed by atoms with E-state index < -0.39 is 5.82 Å². The number of hydrogen-bond acceptors (Lipinski definition) is 2. The van der Waals surface area contributed by atoms with Crippen molar-refractivity contribution in [1.82, 2.24) is 4.90 Å². The van der Waals surface area contributed by atoms with E-state index in [1.807, 2.05) is 14.0 Å². The number of ketones is 1. The summed E-state index contributed by atoms with van der Waals surface area (Å²) in [7, 11) is 2.01. The molecule has 0 saturated heterocycles. The Morgan fingerprint density at radius 1 is 1.26 bits per heavy atom. The molecule has 2 atom stereocenters. The van der Waals surface area contributed by atoms with Crippen molar-refractivity contribution in [3.8, 4) is 0 Å². The summed E-state index contributed by atoms with van der Waals surface area (Å²) in [4.78, 5) is 14.3. The molecule has 19 heavy (non-hydrogen) atoms. The summed E-state index contributed by atoms with van der Waals surface area (Å²) >= 11 is 0. The second kappa shape index (κ2) is 7.39. The van der Waals surface area contributed by atoms with Crippen molar-refractivity contribution in [2.24, 2.45) is 11.8 Å². The molecular formula is C16H24FNO. The Balaban J connectivity index is 2.61. The highest BCUT2D eigenvalue weighted by Crippen LogP contribution is 2.14. The fourth-order valence-corrected chi connectivity index (χ4v) is 2.21. The SMILES string of the molecule is CCC(C)CN(C)CC(C)C(=O)c1ccccc1F. The lowest BCUT2D eigenvalue weighted by Gasteiger charge is -2.23. The van der Waals surface area contributed by atoms with E-state index in [9.17, 15) is 9.18 Å². The van der Waals surface area contributed by atoms with Crippen LogP contribution in [0.1, 0.15) is 37.6 Å². The summed E-state index contributed by atoms with van der Waals surface area (Å²) in [6.45, 7) is 7.84. The van der Waals surface area contributed by atoms with Gasteiger partial charge in [0.05, 0.1) is 5.56 Å². The van der Waals surface area contributed by atoms with Gasteiger partial charge >= 0.3 is 0 Å². The highest BCUT2D eigenvalue weighted by Gasteiger charge is 2.20. The van der Waals surface area contributed by atoms with Gasteiger partial charge < -0.3 is 4.90 Å². The monoisotopic (exact) mass is 265 g/mol. The molecule has 0 N–H and O–H groups in total. The van der Waals surface area contributed by atoms with Crippen LogP contribution < -0.4 is 0 Å². The van der Waals surface area contributed by atoms with Crippen molar-refractivity contribution >= 4 is 5.78 Å². The van der Waals surface area contributed by atoms with Gasteiger partial charge in [-0.1, -0.05) is 39.3 Å². The van der Waals surface area contributed by atoms with Gasteiger partial charge in [0.25, 0.3) is 0 Å². The molecule has 1 rings (SSSR count). The summed E-state index contributed by atoms with van der Waals surface area (Å²) in [6.07, 6.45) is 1.12. The molecule has 0 radical (unpaired) electrons. The Morgan fingerprint density at radius 3 is 2.47 bits per heavy atom. The van der Waals surface area contributed by atoms with Crippen molar-refractivity contribution < 1.29 is 9.18 Å². The van der Waals surface area contributed by atoms with Crippen molar-refractivity contribution in [3.05, 3.63) is 35.6 Å². The van der Waals surface area contributed by atoms with E-state index >= 15 is 0 Å². The lowest BCUT2D eigenvalue weighted by molar-refractivity contribution is 0.0894. The number of carbonyl (C=O) groups is 1. The van der Waals surface area contributed by atoms with Crippen LogP contribution >= 0.6 is 0 Å². The first-order valence-electron chi connectivity index (χ1n) is 6.93. The second-order valence-corrected chi connectivity index (χ2v) is 5.48. The van der Waals surface area contributed by atoms with Crippen LogP contribution in [0.2, 0.25) is 0 Å². The van der Waals surface area contributed by atoms with E-state index in [1.54, 1.807) is 18.2 Å². The minimum atomic E-state index is -0.427. The summed E-state index contributed by atoms with van der Waals surface area (Å²) in [5, 5.41) is 0. The molecule has 0 heterocycles. The third-order valence-electron chi connectivity index (χ3n) is 3.49. The fourth-order valence-electron chi connectivity index (χ4n) is 2.21. The van der Waals surface area contributed by atoms with Crippen molar-refractivity contribution in [2.75, 3.05) is 20.1 Å². The number of rotatable bonds is 7. The van der Waals surface area contributed by atoms with Crippen molar-refractivity contribution in [1.29, 1.82) is 0 Å². The number of carbonyl (C=O) groups excluding carboxylic acids is 1. The van der Waals surface area contributed by atoms with Gasteiger partial charge in [0.15, 0.2) is 5.78 Å². The molecule has 106 valence electrons. The Hall–Kier alpha value is -1.22. The average molecular weight is 265 g/mol. The van der Waals surface area contributed by atoms with Gasteiger partial charge in [-0.3, -0.25) is 4.79 Å². The van der Waals surface area contributed by atoms with Crippen LogP contribution in [0, 0.1) is 17.7 Å². The number of nitrogens with zero attached hydrogens (tertiary/aromatic N) is 1. The molecule has 0 aromatic heterocycles. The highest BCUT2D eigenvalue weighted by molar-refractivity contribution is 5.98. The average Bonchev–Trinajstić information content (AvgIpc) is 2.38. The Morgan fingerprint density at radius 2 is 1.89 bits per heavy atom. The molecule has 0 amide bonds. The zero-order valence-electron chi connectivity index (χ0n) is 12.3. The van der Waals surface area contributed by atoms with E-state index in [2.05, 4.69) is 18.7 Å². The van der Waals surface area contributed by atoms with Gasteiger partial charge in [0, 0.05) is 19.0 Å². The molecule has 2 nitrogen and oxygen atoms in total. The third kappa shape index (κ3) is 4.75. The van der Waals surface area contributed by atoms with Crippen molar-refractivity contribution in [3.63, 3.8) is 0 Å². The molecule has 0 aliphatic rings. The quantitative estimate of drug-likeness (QED) is 0.702. The van der Waals surface area contributed by atoms with Crippen molar-refractivity contribution in [2.45, 2.75) is 27.2 Å². The summed E-state index contributed by atoms with van der Waals surface area (Å²) in [6, 6.07) is 6.20. The Labute approximate surface area is 115 Å². The number of benzene rings is 1. The molecule has 0 fully saturated rings. The molecule has 2 unspecified atom stereocenters. The zero-order valence-corrected chi connectivity index (χ0v) is 12.3. The van der Waals surface area contributed by atoms with E-state index in [-0.39, 0.29) is 17.3 Å². The van der Waals surface area contributed by atoms with Crippen LogP contribution in [0.25, 0.3) is 0 Å². The van der Waals surface area contributed by atoms with Gasteiger partial charge in [-0.25, -0.2) is 4.39 Å². The first kappa shape index (κ1) is 15.8. The van der Waals surface area contributed by atoms with Crippen LogP contribution in [0.15, 0.2) is 24.3 Å². The minimum absolute atomic E-state index is 0.117. The van der Waals surface area contributed by atoms with Crippen LogP contribution in [0.5, 0.6) is 0 Å². The maximum absolute atomic E-state index is 13.6. The first-order chi connectivity index (χ1) is 8.95. The van der Waals surface area contributed by atoms with Crippen LogP contribution in [-0.2, 0) is 0 Å². The normalized spacial score (nSPS) is 14.4. The summed E-state index contributed by atoms with van der Waals surface area (Å²) < 4.78 is 13.6. The lowest BCUT2D eigenvalue weighted by atomic mass is 9.98. The molecule has 0 aliphatic heterocycles. The van der Waals surface area contributed by atoms with Gasteiger partial charge in [0.1, 0.15) is 5.82 Å². The topological polar surface area (TPSA) is 20.3 Å². The van der Waals surface area contributed by atoms with E-state index in [4.69, 9.17) is 0 Å². The van der Waals surface area contributed by atoms with E-state index in [0.717, 1.165) is 13.0 Å². The minimum Gasteiger partial charge on any atom is -0.305 e. The van der Waals surface area contributed by atoms with Crippen LogP contribution in [-0.4, -0.2) is 30.8 Å². The van der Waals surface area contributed by atoms with Gasteiger partial charge in [-0.05, 0) is 25.1 Å². The Kier molecular flexibility index (Phi) is 6.16. The van der Waals surface area contributed by atoms with Gasteiger partial charge in [0.2, 0.25) is 0 Å². The molecule has 1 aromatic carbocycles. The third-order valence-corrected chi connectivity index (χ3v) is 3.49. The predicted octanol–water partition coefficient (Wildman–Crippen LogP) is 3.62. The summed E-state index contributed by atoms with van der Waals surface area (Å²) in [5.74, 6) is -0.121. The molecule has 0 saturated carbocycles.